The fraction of sp³-hybridized carbons (Fsp3) is 0.333. The largest absolute Gasteiger partial charge is 1.00 e. The Labute approximate surface area is 232 Å². The van der Waals surface area contributed by atoms with Gasteiger partial charge in [0.15, 0.2) is 17.7 Å². The van der Waals surface area contributed by atoms with E-state index in [9.17, 15) is 20.1 Å². The number of amides is 1. The number of halogens is 1. The summed E-state index contributed by atoms with van der Waals surface area (Å²) in [5.41, 5.74) is 3.05. The number of nitrogens with one attached hydrogen (secondary N) is 1. The zero-order chi connectivity index (χ0) is 25.8. The van der Waals surface area contributed by atoms with Crippen LogP contribution in [0.5, 0.6) is 11.5 Å². The highest BCUT2D eigenvalue weighted by atomic mass is 127. The molecule has 1 aliphatic heterocycles. The van der Waals surface area contributed by atoms with Gasteiger partial charge < -0.3 is 58.8 Å². The normalized spacial score (nSPS) is 23.5. The van der Waals surface area contributed by atoms with Gasteiger partial charge in [-0.15, -0.1) is 0 Å². The van der Waals surface area contributed by atoms with Crippen molar-refractivity contribution in [2.24, 2.45) is 7.05 Å². The minimum Gasteiger partial charge on any atom is -1.00 e. The third-order valence-electron chi connectivity index (χ3n) is 6.21. The number of rotatable bonds is 7. The number of pyridine rings is 1. The Kier molecular flexibility index (Phi) is 9.85. The minimum atomic E-state index is -1.40. The van der Waals surface area contributed by atoms with Gasteiger partial charge in [0, 0.05) is 19.1 Å². The van der Waals surface area contributed by atoms with Crippen LogP contribution in [0.2, 0.25) is 0 Å². The van der Waals surface area contributed by atoms with E-state index < -0.39 is 43.2 Å². The van der Waals surface area contributed by atoms with Gasteiger partial charge >= 0.3 is 0 Å². The second kappa shape index (κ2) is 12.7. The van der Waals surface area contributed by atoms with Crippen LogP contribution in [-0.2, 0) is 16.6 Å². The van der Waals surface area contributed by atoms with Crippen molar-refractivity contribution in [1.82, 2.24) is 5.32 Å². The number of fused-ring (bicyclic) bond motifs is 1. The molecule has 1 saturated heterocycles. The lowest BCUT2D eigenvalue weighted by Crippen LogP contribution is -3.00. The highest BCUT2D eigenvalue weighted by Gasteiger charge is 2.46. The first-order chi connectivity index (χ1) is 17.3. The van der Waals surface area contributed by atoms with Crippen LogP contribution in [0, 0.1) is 0 Å². The van der Waals surface area contributed by atoms with Crippen LogP contribution in [0.4, 0.5) is 0 Å². The van der Waals surface area contributed by atoms with Crippen molar-refractivity contribution in [3.63, 3.8) is 0 Å². The van der Waals surface area contributed by atoms with Gasteiger partial charge in [-0.05, 0) is 29.3 Å². The van der Waals surface area contributed by atoms with Crippen LogP contribution < -0.4 is 43.3 Å². The van der Waals surface area contributed by atoms with Crippen molar-refractivity contribution >= 4 is 29.0 Å². The smallest absolute Gasteiger partial charge is 0.223 e. The van der Waals surface area contributed by atoms with E-state index in [4.69, 9.17) is 14.2 Å². The van der Waals surface area contributed by atoms with Crippen molar-refractivity contribution in [2.75, 3.05) is 13.7 Å². The molecule has 0 aliphatic carbocycles. The third-order valence-corrected chi connectivity index (χ3v) is 6.21. The number of benzene rings is 2. The highest BCUT2D eigenvalue weighted by Crippen LogP contribution is 2.32. The van der Waals surface area contributed by atoms with E-state index in [2.05, 4.69) is 22.0 Å². The Hall–Kier alpha value is -2.77. The molecule has 2 heterocycles. The monoisotopic (exact) mass is 622 g/mol. The first-order valence-electron chi connectivity index (χ1n) is 11.6. The van der Waals surface area contributed by atoms with Crippen LogP contribution in [-0.4, -0.2) is 65.6 Å². The van der Waals surface area contributed by atoms with Crippen molar-refractivity contribution in [1.29, 1.82) is 0 Å². The highest BCUT2D eigenvalue weighted by molar-refractivity contribution is 5.88. The zero-order valence-corrected chi connectivity index (χ0v) is 22.9. The predicted octanol–water partition coefficient (Wildman–Crippen LogP) is -1.83. The molecule has 5 atom stereocenters. The summed E-state index contributed by atoms with van der Waals surface area (Å²) in [6, 6.07) is 14.5. The summed E-state index contributed by atoms with van der Waals surface area (Å²) < 4.78 is 19.2. The van der Waals surface area contributed by atoms with Gasteiger partial charge in [0.2, 0.25) is 17.7 Å². The second-order valence-corrected chi connectivity index (χ2v) is 8.69. The number of aromatic nitrogens is 1. The van der Waals surface area contributed by atoms with Gasteiger partial charge in [-0.25, -0.2) is 4.57 Å². The van der Waals surface area contributed by atoms with Crippen LogP contribution in [0.25, 0.3) is 23.1 Å². The number of carbonyl (C=O) groups excluding carboxylic acids is 1. The van der Waals surface area contributed by atoms with E-state index in [1.54, 1.807) is 12.1 Å². The summed E-state index contributed by atoms with van der Waals surface area (Å²) in [4.78, 5) is 11.7. The number of carbonyl (C=O) groups is 1. The summed E-state index contributed by atoms with van der Waals surface area (Å²) in [5, 5.41) is 33.9. The molecule has 1 amide bonds. The van der Waals surface area contributed by atoms with Crippen molar-refractivity contribution in [2.45, 2.75) is 37.6 Å². The number of para-hydroxylation sites is 1. The topological polar surface area (TPSA) is 121 Å². The Balaban J connectivity index is 0.00000380. The van der Waals surface area contributed by atoms with Gasteiger partial charge in [-0.2, -0.15) is 0 Å². The summed E-state index contributed by atoms with van der Waals surface area (Å²) in [7, 11) is 3.51. The number of nitrogens with zero attached hydrogens (tertiary/aromatic N) is 1. The summed E-state index contributed by atoms with van der Waals surface area (Å²) in [6.07, 6.45) is 0.964. The van der Waals surface area contributed by atoms with E-state index in [1.807, 2.05) is 49.7 Å². The van der Waals surface area contributed by atoms with Crippen molar-refractivity contribution in [3.8, 4) is 11.5 Å². The van der Waals surface area contributed by atoms with E-state index in [-0.39, 0.29) is 24.0 Å². The quantitative estimate of drug-likeness (QED) is 0.181. The summed E-state index contributed by atoms with van der Waals surface area (Å²) in [5.74, 6) is 0.292. The molecule has 4 N–H and O–H groups in total. The van der Waals surface area contributed by atoms with Crippen LogP contribution in [0.1, 0.15) is 18.1 Å². The molecule has 4 rings (SSSR count). The Bertz CT molecular complexity index is 1270. The Morgan fingerprint density at radius 2 is 1.86 bits per heavy atom. The van der Waals surface area contributed by atoms with E-state index in [0.717, 1.165) is 22.0 Å². The maximum Gasteiger partial charge on any atom is 0.223 e. The van der Waals surface area contributed by atoms with Gasteiger partial charge in [-0.1, -0.05) is 30.4 Å². The molecular weight excluding hydrogens is 591 g/mol. The van der Waals surface area contributed by atoms with Gasteiger partial charge in [-0.3, -0.25) is 4.79 Å². The molecule has 0 saturated carbocycles. The number of hydrogen-bond acceptors (Lipinski definition) is 7. The van der Waals surface area contributed by atoms with Gasteiger partial charge in [0.05, 0.1) is 19.1 Å². The first kappa shape index (κ1) is 28.8. The van der Waals surface area contributed by atoms with Crippen LogP contribution in [0.15, 0.2) is 54.7 Å². The maximum absolute atomic E-state index is 11.7. The van der Waals surface area contributed by atoms with Crippen molar-refractivity contribution < 1.29 is 62.9 Å². The van der Waals surface area contributed by atoms with E-state index in [1.165, 1.54) is 14.0 Å². The lowest BCUT2D eigenvalue weighted by Gasteiger charge is -2.42. The average Bonchev–Trinajstić information content (AvgIpc) is 2.88. The Morgan fingerprint density at radius 3 is 2.57 bits per heavy atom. The minimum absolute atomic E-state index is 0. The van der Waals surface area contributed by atoms with Gasteiger partial charge in [0.1, 0.15) is 31.4 Å². The number of aliphatic hydroxyl groups excluding tert-OH is 3. The SMILES string of the molecule is COc1cc(C=Cc2cc[n+](C)c3ccccc23)ccc1O[C@@H]1O[C@H](CO)[C@@H](O)[C@H](O)[C@@H]1NC(C)=O.[I-]. The molecule has 0 bridgehead atoms. The molecule has 0 spiro atoms. The zero-order valence-electron chi connectivity index (χ0n) is 20.7. The molecule has 1 aromatic heterocycles. The van der Waals surface area contributed by atoms with Crippen LogP contribution >= 0.6 is 0 Å². The van der Waals surface area contributed by atoms with E-state index >= 15 is 0 Å². The molecule has 2 aromatic carbocycles. The van der Waals surface area contributed by atoms with Crippen molar-refractivity contribution in [3.05, 3.63) is 65.9 Å². The summed E-state index contributed by atoms with van der Waals surface area (Å²) >= 11 is 0. The second-order valence-electron chi connectivity index (χ2n) is 8.69. The fourth-order valence-electron chi connectivity index (χ4n) is 4.30. The fourth-order valence-corrected chi connectivity index (χ4v) is 4.30. The van der Waals surface area contributed by atoms with Gasteiger partial charge in [0.25, 0.3) is 0 Å². The summed E-state index contributed by atoms with van der Waals surface area (Å²) in [6.45, 7) is 0.754. The number of methoxy groups -OCH3 is 1. The molecule has 0 unspecified atom stereocenters. The third kappa shape index (κ3) is 6.39. The lowest BCUT2D eigenvalue weighted by molar-refractivity contribution is -0.644. The Morgan fingerprint density at radius 1 is 1.11 bits per heavy atom. The molecule has 9 nitrogen and oxygen atoms in total. The number of hydrogen-bond donors (Lipinski definition) is 4. The number of aryl methyl sites for hydroxylation is 1. The molecular formula is C27H31IN2O7. The molecule has 10 heteroatoms. The number of aliphatic hydroxyl groups is 3. The molecule has 0 radical (unpaired) electrons. The predicted molar refractivity (Wildman–Crippen MR) is 133 cm³/mol. The molecule has 1 aliphatic rings. The average molecular weight is 622 g/mol. The molecule has 3 aromatic rings. The molecule has 37 heavy (non-hydrogen) atoms. The molecule has 198 valence electrons. The van der Waals surface area contributed by atoms with E-state index in [0.29, 0.717) is 11.5 Å². The number of ether oxygens (including phenoxy) is 3. The lowest BCUT2D eigenvalue weighted by atomic mass is 9.97. The standard InChI is InChI=1S/C27H30N2O7.HI/c1-16(31)28-24-26(33)25(32)23(15-30)36-27(24)35-21-11-9-17(14-22(21)34-3)8-10-18-12-13-29(2)20-7-5-4-6-19(18)20;/h4-14,23-27,30,32-33H,15H2,1-3H3;1H/t23-,24+,25-,26-,27-;/m1./s1. The van der Waals surface area contributed by atoms with Crippen LogP contribution in [0.3, 0.4) is 0 Å². The first-order valence-corrected chi connectivity index (χ1v) is 11.6. The molecule has 1 fully saturated rings. The maximum atomic E-state index is 11.7.